The number of fused-ring (bicyclic) bond motifs is 1. The number of primary amides is 1. The van der Waals surface area contributed by atoms with E-state index in [2.05, 4.69) is 26.1 Å². The topological polar surface area (TPSA) is 72.2 Å². The van der Waals surface area contributed by atoms with Crippen LogP contribution in [0.1, 0.15) is 53.6 Å². The second-order valence-electron chi connectivity index (χ2n) is 8.25. The minimum absolute atomic E-state index is 0.190. The highest BCUT2D eigenvalue weighted by Crippen LogP contribution is 2.44. The molecule has 0 bridgehead atoms. The summed E-state index contributed by atoms with van der Waals surface area (Å²) in [6.07, 6.45) is 5.67. The Hall–Kier alpha value is -2.47. The number of hydrogen-bond donors (Lipinski definition) is 2. The van der Waals surface area contributed by atoms with Gasteiger partial charge >= 0.3 is 0 Å². The fourth-order valence-corrected chi connectivity index (χ4v) is 4.91. The number of carbonyl (C=O) groups is 2. The van der Waals surface area contributed by atoms with Crippen molar-refractivity contribution in [3.8, 4) is 0 Å². The van der Waals surface area contributed by atoms with Gasteiger partial charge in [0.2, 0.25) is 5.91 Å². The van der Waals surface area contributed by atoms with Crippen LogP contribution >= 0.6 is 11.3 Å². The first-order valence-corrected chi connectivity index (χ1v) is 10.2. The molecule has 1 heterocycles. The molecule has 2 aromatic rings. The summed E-state index contributed by atoms with van der Waals surface area (Å²) in [5, 5.41) is 3.32. The maximum Gasteiger partial charge on any atom is 0.251 e. The van der Waals surface area contributed by atoms with Gasteiger partial charge in [-0.15, -0.1) is 11.3 Å². The SMILES string of the molecule is CC(C)(C)[C@H]1CCc2c(sc(NC(=O)/C=C/c3ccc(F)cc3)c2C(N)=O)C1. The van der Waals surface area contributed by atoms with Crippen LogP contribution in [0.5, 0.6) is 0 Å². The lowest BCUT2D eigenvalue weighted by Crippen LogP contribution is -2.27. The number of carbonyl (C=O) groups excluding carboxylic acids is 2. The average molecular weight is 401 g/mol. The predicted molar refractivity (Wildman–Crippen MR) is 112 cm³/mol. The summed E-state index contributed by atoms with van der Waals surface area (Å²) in [6, 6.07) is 5.85. The quantitative estimate of drug-likeness (QED) is 0.725. The molecule has 148 valence electrons. The Morgan fingerprint density at radius 1 is 1.25 bits per heavy atom. The normalized spacial score (nSPS) is 16.8. The van der Waals surface area contributed by atoms with Crippen LogP contribution in [0.4, 0.5) is 9.39 Å². The number of thiophene rings is 1. The maximum atomic E-state index is 13.0. The number of nitrogens with one attached hydrogen (secondary N) is 1. The molecule has 0 aliphatic heterocycles. The van der Waals surface area contributed by atoms with Gasteiger partial charge in [-0.1, -0.05) is 32.9 Å². The van der Waals surface area contributed by atoms with E-state index in [9.17, 15) is 14.0 Å². The number of nitrogens with two attached hydrogens (primary N) is 1. The van der Waals surface area contributed by atoms with Gasteiger partial charge < -0.3 is 11.1 Å². The summed E-state index contributed by atoms with van der Waals surface area (Å²) < 4.78 is 13.0. The van der Waals surface area contributed by atoms with Crippen LogP contribution in [0.2, 0.25) is 0 Å². The van der Waals surface area contributed by atoms with Crippen molar-refractivity contribution in [2.75, 3.05) is 5.32 Å². The van der Waals surface area contributed by atoms with Gasteiger partial charge in [-0.3, -0.25) is 9.59 Å². The van der Waals surface area contributed by atoms with E-state index in [1.165, 1.54) is 29.5 Å². The lowest BCUT2D eigenvalue weighted by Gasteiger charge is -2.33. The van der Waals surface area contributed by atoms with Crippen molar-refractivity contribution in [1.29, 1.82) is 0 Å². The lowest BCUT2D eigenvalue weighted by molar-refractivity contribution is -0.111. The predicted octanol–water partition coefficient (Wildman–Crippen LogP) is 4.79. The average Bonchev–Trinajstić information content (AvgIpc) is 2.97. The molecule has 0 saturated heterocycles. The van der Waals surface area contributed by atoms with Crippen molar-refractivity contribution in [3.63, 3.8) is 0 Å². The van der Waals surface area contributed by atoms with Crippen molar-refractivity contribution in [1.82, 2.24) is 0 Å². The molecule has 0 unspecified atom stereocenters. The fourth-order valence-electron chi connectivity index (χ4n) is 3.57. The van der Waals surface area contributed by atoms with Crippen LogP contribution in [0, 0.1) is 17.2 Å². The Morgan fingerprint density at radius 3 is 2.54 bits per heavy atom. The van der Waals surface area contributed by atoms with Crippen LogP contribution in [0.3, 0.4) is 0 Å². The molecule has 1 aromatic heterocycles. The first kappa shape index (κ1) is 20.3. The number of halogens is 1. The van der Waals surface area contributed by atoms with Gasteiger partial charge in [-0.05, 0) is 59.9 Å². The smallest absolute Gasteiger partial charge is 0.251 e. The van der Waals surface area contributed by atoms with Gasteiger partial charge in [0.1, 0.15) is 10.8 Å². The Labute approximate surface area is 168 Å². The third kappa shape index (κ3) is 4.50. The molecule has 0 radical (unpaired) electrons. The van der Waals surface area contributed by atoms with E-state index in [1.54, 1.807) is 18.2 Å². The van der Waals surface area contributed by atoms with E-state index in [-0.39, 0.29) is 17.1 Å². The maximum absolute atomic E-state index is 13.0. The van der Waals surface area contributed by atoms with Gasteiger partial charge in [0.15, 0.2) is 0 Å². The molecular formula is C22H25FN2O2S. The van der Waals surface area contributed by atoms with Crippen molar-refractivity contribution >= 4 is 34.2 Å². The summed E-state index contributed by atoms with van der Waals surface area (Å²) >= 11 is 1.45. The second-order valence-corrected chi connectivity index (χ2v) is 9.36. The summed E-state index contributed by atoms with van der Waals surface area (Å²) in [6.45, 7) is 6.69. The van der Waals surface area contributed by atoms with E-state index < -0.39 is 5.91 Å². The number of benzene rings is 1. The Kier molecular flexibility index (Phi) is 5.70. The highest BCUT2D eigenvalue weighted by Gasteiger charge is 2.33. The fraction of sp³-hybridized carbons (Fsp3) is 0.364. The first-order valence-electron chi connectivity index (χ1n) is 9.34. The zero-order valence-corrected chi connectivity index (χ0v) is 17.2. The Morgan fingerprint density at radius 2 is 1.93 bits per heavy atom. The number of anilines is 1. The summed E-state index contributed by atoms with van der Waals surface area (Å²) in [7, 11) is 0. The molecule has 3 N–H and O–H groups in total. The number of rotatable bonds is 4. The lowest BCUT2D eigenvalue weighted by atomic mass is 9.72. The highest BCUT2D eigenvalue weighted by atomic mass is 32.1. The third-order valence-electron chi connectivity index (χ3n) is 5.27. The summed E-state index contributed by atoms with van der Waals surface area (Å²) in [4.78, 5) is 25.5. The van der Waals surface area contributed by atoms with Crippen LogP contribution in [0.25, 0.3) is 6.08 Å². The molecule has 1 atom stereocenters. The van der Waals surface area contributed by atoms with Crippen LogP contribution in [0.15, 0.2) is 30.3 Å². The molecule has 28 heavy (non-hydrogen) atoms. The molecule has 6 heteroatoms. The van der Waals surface area contributed by atoms with Crippen molar-refractivity contribution < 1.29 is 14.0 Å². The minimum atomic E-state index is -0.510. The number of amides is 2. The molecule has 3 rings (SSSR count). The standard InChI is InChI=1S/C22H25FN2O2S/c1-22(2,3)14-7-10-16-17(12-14)28-21(19(16)20(24)27)25-18(26)11-6-13-4-8-15(23)9-5-13/h4-6,8-9,11,14H,7,10,12H2,1-3H3,(H2,24,27)(H,25,26)/b11-6+/t14-/m0/s1. The molecule has 1 aliphatic rings. The Bertz CT molecular complexity index is 923. The van der Waals surface area contributed by atoms with Crippen molar-refractivity contribution in [3.05, 3.63) is 57.7 Å². The minimum Gasteiger partial charge on any atom is -0.365 e. The number of hydrogen-bond acceptors (Lipinski definition) is 3. The molecule has 0 fully saturated rings. The van der Waals surface area contributed by atoms with E-state index in [0.717, 1.165) is 29.7 Å². The van der Waals surface area contributed by atoms with E-state index >= 15 is 0 Å². The molecule has 2 amide bonds. The first-order chi connectivity index (χ1) is 13.1. The van der Waals surface area contributed by atoms with E-state index in [1.807, 2.05) is 0 Å². The Balaban J connectivity index is 1.80. The summed E-state index contributed by atoms with van der Waals surface area (Å²) in [5.74, 6) is -0.658. The highest BCUT2D eigenvalue weighted by molar-refractivity contribution is 7.17. The molecule has 4 nitrogen and oxygen atoms in total. The van der Waals surface area contributed by atoms with Crippen LogP contribution in [-0.4, -0.2) is 11.8 Å². The van der Waals surface area contributed by atoms with Gasteiger partial charge in [0, 0.05) is 11.0 Å². The molecule has 1 aromatic carbocycles. The van der Waals surface area contributed by atoms with E-state index in [4.69, 9.17) is 5.73 Å². The van der Waals surface area contributed by atoms with Crippen LogP contribution < -0.4 is 11.1 Å². The van der Waals surface area contributed by atoms with Gasteiger partial charge in [0.05, 0.1) is 5.56 Å². The largest absolute Gasteiger partial charge is 0.365 e. The zero-order chi connectivity index (χ0) is 20.5. The van der Waals surface area contributed by atoms with Crippen LogP contribution in [-0.2, 0) is 17.6 Å². The summed E-state index contributed by atoms with van der Waals surface area (Å²) in [5.41, 5.74) is 7.95. The zero-order valence-electron chi connectivity index (χ0n) is 16.3. The monoisotopic (exact) mass is 400 g/mol. The molecule has 0 saturated carbocycles. The van der Waals surface area contributed by atoms with Crippen molar-refractivity contribution in [2.24, 2.45) is 17.1 Å². The van der Waals surface area contributed by atoms with Gasteiger partial charge in [-0.2, -0.15) is 0 Å². The van der Waals surface area contributed by atoms with Gasteiger partial charge in [-0.25, -0.2) is 4.39 Å². The molecule has 0 spiro atoms. The second kappa shape index (κ2) is 7.87. The third-order valence-corrected chi connectivity index (χ3v) is 6.44. The van der Waals surface area contributed by atoms with Gasteiger partial charge in [0.25, 0.3) is 5.91 Å². The molecule has 1 aliphatic carbocycles. The van der Waals surface area contributed by atoms with Crippen molar-refractivity contribution in [2.45, 2.75) is 40.0 Å². The molecular weight excluding hydrogens is 375 g/mol. The van der Waals surface area contributed by atoms with E-state index in [0.29, 0.717) is 22.0 Å².